The normalized spacial score (nSPS) is 10.4. The van der Waals surface area contributed by atoms with Gasteiger partial charge < -0.3 is 5.84 Å². The van der Waals surface area contributed by atoms with E-state index < -0.39 is 0 Å². The minimum atomic E-state index is 1.07. The summed E-state index contributed by atoms with van der Waals surface area (Å²) in [4.78, 5) is 0. The molecular weight excluding hydrogens is 172 g/mol. The van der Waals surface area contributed by atoms with Gasteiger partial charge in [-0.1, -0.05) is 24.3 Å². The molecule has 0 aliphatic carbocycles. The van der Waals surface area contributed by atoms with Gasteiger partial charge in [0.2, 0.25) is 0 Å². The molecular formula is C12H14N2. The molecule has 2 heteroatoms. The number of hydrogen-bond donors (Lipinski definition) is 1. The minimum Gasteiger partial charge on any atom is -0.339 e. The van der Waals surface area contributed by atoms with E-state index in [9.17, 15) is 0 Å². The Balaban J connectivity index is 2.60. The number of nitrogens with two attached hydrogens (primary N) is 1. The second-order valence-electron chi connectivity index (χ2n) is 3.54. The third kappa shape index (κ3) is 1.29. The number of aromatic nitrogens is 1. The van der Waals surface area contributed by atoms with Crippen LogP contribution in [0, 0.1) is 13.8 Å². The Kier molecular flexibility index (Phi) is 2.04. The van der Waals surface area contributed by atoms with Gasteiger partial charge >= 0.3 is 0 Å². The zero-order chi connectivity index (χ0) is 10.1. The van der Waals surface area contributed by atoms with E-state index in [-0.39, 0.29) is 0 Å². The molecule has 0 bridgehead atoms. The fourth-order valence-corrected chi connectivity index (χ4v) is 1.63. The molecule has 0 atom stereocenters. The lowest BCUT2D eigenvalue weighted by molar-refractivity contribution is 0.968. The van der Waals surface area contributed by atoms with Gasteiger partial charge in [0.25, 0.3) is 0 Å². The van der Waals surface area contributed by atoms with E-state index in [1.54, 1.807) is 4.68 Å². The van der Waals surface area contributed by atoms with E-state index >= 15 is 0 Å². The van der Waals surface area contributed by atoms with Gasteiger partial charge in [-0.05, 0) is 31.5 Å². The number of aryl methyl sites for hydroxylation is 2. The summed E-state index contributed by atoms with van der Waals surface area (Å²) in [7, 11) is 0. The predicted octanol–water partition coefficient (Wildman–Crippen LogP) is 2.49. The Morgan fingerprint density at radius 1 is 1.00 bits per heavy atom. The summed E-state index contributed by atoms with van der Waals surface area (Å²) in [6.07, 6.45) is 0. The standard InChI is InChI=1S/C12H14N2/c1-9-5-3-4-6-11(9)12-8-7-10(2)14(12)13/h3-8H,13H2,1-2H3. The van der Waals surface area contributed by atoms with Crippen LogP contribution in [-0.2, 0) is 0 Å². The molecule has 0 spiro atoms. The predicted molar refractivity (Wildman–Crippen MR) is 59.5 cm³/mol. The molecule has 0 radical (unpaired) electrons. The van der Waals surface area contributed by atoms with E-state index in [0.29, 0.717) is 0 Å². The van der Waals surface area contributed by atoms with E-state index in [0.717, 1.165) is 11.4 Å². The number of hydrogen-bond acceptors (Lipinski definition) is 1. The van der Waals surface area contributed by atoms with Gasteiger partial charge in [0.05, 0.1) is 5.69 Å². The zero-order valence-corrected chi connectivity index (χ0v) is 8.49. The monoisotopic (exact) mass is 186 g/mol. The fourth-order valence-electron chi connectivity index (χ4n) is 1.63. The Morgan fingerprint density at radius 3 is 2.29 bits per heavy atom. The van der Waals surface area contributed by atoms with E-state index in [2.05, 4.69) is 25.1 Å². The molecule has 0 saturated carbocycles. The topological polar surface area (TPSA) is 30.9 Å². The molecule has 0 amide bonds. The first-order valence-corrected chi connectivity index (χ1v) is 4.69. The summed E-state index contributed by atoms with van der Waals surface area (Å²) in [6.45, 7) is 4.10. The van der Waals surface area contributed by atoms with Crippen molar-refractivity contribution >= 4 is 0 Å². The largest absolute Gasteiger partial charge is 0.339 e. The lowest BCUT2D eigenvalue weighted by Gasteiger charge is -2.07. The van der Waals surface area contributed by atoms with E-state index in [1.807, 2.05) is 25.1 Å². The van der Waals surface area contributed by atoms with Crippen LogP contribution in [0.4, 0.5) is 0 Å². The van der Waals surface area contributed by atoms with Crippen molar-refractivity contribution in [1.82, 2.24) is 4.68 Å². The lowest BCUT2D eigenvalue weighted by atomic mass is 10.1. The maximum absolute atomic E-state index is 5.92. The maximum atomic E-state index is 5.92. The van der Waals surface area contributed by atoms with Crippen LogP contribution in [0.2, 0.25) is 0 Å². The van der Waals surface area contributed by atoms with Crippen LogP contribution in [0.25, 0.3) is 11.3 Å². The number of benzene rings is 1. The number of rotatable bonds is 1. The molecule has 1 aromatic heterocycles. The van der Waals surface area contributed by atoms with Crippen molar-refractivity contribution in [2.24, 2.45) is 0 Å². The summed E-state index contributed by atoms with van der Waals surface area (Å²) in [5, 5.41) is 0. The van der Waals surface area contributed by atoms with E-state index in [1.165, 1.54) is 11.1 Å². The zero-order valence-electron chi connectivity index (χ0n) is 8.49. The summed E-state index contributed by atoms with van der Waals surface area (Å²) in [6, 6.07) is 12.3. The van der Waals surface area contributed by atoms with Crippen molar-refractivity contribution in [3.63, 3.8) is 0 Å². The Bertz CT molecular complexity index is 455. The van der Waals surface area contributed by atoms with Gasteiger partial charge in [0.1, 0.15) is 0 Å². The van der Waals surface area contributed by atoms with Gasteiger partial charge in [0, 0.05) is 11.3 Å². The van der Waals surface area contributed by atoms with Gasteiger partial charge in [-0.3, -0.25) is 4.68 Å². The molecule has 0 saturated heterocycles. The molecule has 0 aliphatic heterocycles. The summed E-state index contributed by atoms with van der Waals surface area (Å²) in [5.41, 5.74) is 4.59. The Labute approximate surface area is 83.9 Å². The van der Waals surface area contributed by atoms with Gasteiger partial charge in [-0.2, -0.15) is 0 Å². The minimum absolute atomic E-state index is 1.07. The van der Waals surface area contributed by atoms with Gasteiger partial charge in [0.15, 0.2) is 0 Å². The second kappa shape index (κ2) is 3.22. The highest BCUT2D eigenvalue weighted by atomic mass is 15.3. The maximum Gasteiger partial charge on any atom is 0.0695 e. The molecule has 72 valence electrons. The number of nitrogen functional groups attached to an aromatic ring is 1. The highest BCUT2D eigenvalue weighted by Crippen LogP contribution is 2.23. The molecule has 2 N–H and O–H groups in total. The van der Waals surface area contributed by atoms with Crippen molar-refractivity contribution < 1.29 is 0 Å². The Hall–Kier alpha value is -1.70. The summed E-state index contributed by atoms with van der Waals surface area (Å²) < 4.78 is 1.72. The SMILES string of the molecule is Cc1ccccc1-c1ccc(C)n1N. The smallest absolute Gasteiger partial charge is 0.0695 e. The van der Waals surface area contributed by atoms with Crippen LogP contribution in [0.5, 0.6) is 0 Å². The molecule has 2 nitrogen and oxygen atoms in total. The molecule has 1 heterocycles. The van der Waals surface area contributed by atoms with Crippen LogP contribution in [0.1, 0.15) is 11.3 Å². The van der Waals surface area contributed by atoms with Gasteiger partial charge in [-0.15, -0.1) is 0 Å². The van der Waals surface area contributed by atoms with Crippen molar-refractivity contribution in [2.75, 3.05) is 5.84 Å². The third-order valence-corrected chi connectivity index (χ3v) is 2.54. The molecule has 2 rings (SSSR count). The van der Waals surface area contributed by atoms with Crippen LogP contribution in [0.3, 0.4) is 0 Å². The fraction of sp³-hybridized carbons (Fsp3) is 0.167. The molecule has 0 fully saturated rings. The average molecular weight is 186 g/mol. The Morgan fingerprint density at radius 2 is 1.71 bits per heavy atom. The second-order valence-corrected chi connectivity index (χ2v) is 3.54. The summed E-state index contributed by atoms with van der Waals surface area (Å²) in [5.74, 6) is 5.92. The van der Waals surface area contributed by atoms with Crippen LogP contribution in [-0.4, -0.2) is 4.68 Å². The highest BCUT2D eigenvalue weighted by Gasteiger charge is 2.06. The summed E-state index contributed by atoms with van der Waals surface area (Å²) >= 11 is 0. The first kappa shape index (κ1) is 8.88. The molecule has 0 aliphatic rings. The lowest BCUT2D eigenvalue weighted by Crippen LogP contribution is -2.11. The first-order chi connectivity index (χ1) is 6.70. The first-order valence-electron chi connectivity index (χ1n) is 4.69. The van der Waals surface area contributed by atoms with Gasteiger partial charge in [-0.25, -0.2) is 0 Å². The van der Waals surface area contributed by atoms with Crippen molar-refractivity contribution in [3.05, 3.63) is 47.7 Å². The number of nitrogens with zero attached hydrogens (tertiary/aromatic N) is 1. The quantitative estimate of drug-likeness (QED) is 0.681. The molecule has 1 aromatic carbocycles. The van der Waals surface area contributed by atoms with Crippen LogP contribution < -0.4 is 5.84 Å². The average Bonchev–Trinajstić information content (AvgIpc) is 2.49. The highest BCUT2D eigenvalue weighted by molar-refractivity contribution is 5.64. The van der Waals surface area contributed by atoms with E-state index in [4.69, 9.17) is 5.84 Å². The molecule has 2 aromatic rings. The molecule has 14 heavy (non-hydrogen) atoms. The van der Waals surface area contributed by atoms with Crippen LogP contribution >= 0.6 is 0 Å². The van der Waals surface area contributed by atoms with Crippen LogP contribution in [0.15, 0.2) is 36.4 Å². The van der Waals surface area contributed by atoms with Crippen molar-refractivity contribution in [2.45, 2.75) is 13.8 Å². The van der Waals surface area contributed by atoms with Crippen molar-refractivity contribution in [3.8, 4) is 11.3 Å². The molecule has 0 unspecified atom stereocenters. The third-order valence-electron chi connectivity index (χ3n) is 2.54. The van der Waals surface area contributed by atoms with Crippen molar-refractivity contribution in [1.29, 1.82) is 0 Å².